The van der Waals surface area contributed by atoms with Crippen LogP contribution in [0.25, 0.3) is 5.65 Å². The molecule has 3 aliphatic rings. The van der Waals surface area contributed by atoms with E-state index in [9.17, 15) is 4.79 Å². The highest BCUT2D eigenvalue weighted by Crippen LogP contribution is 2.33. The maximum absolute atomic E-state index is 12.7. The molecule has 0 bridgehead atoms. The number of amides is 1. The van der Waals surface area contributed by atoms with Crippen molar-refractivity contribution in [3.05, 3.63) is 29.7 Å². The first-order valence-corrected chi connectivity index (χ1v) is 11.2. The monoisotopic (exact) mass is 396 g/mol. The van der Waals surface area contributed by atoms with Crippen LogP contribution in [-0.2, 0) is 0 Å². The molecule has 156 valence electrons. The lowest BCUT2D eigenvalue weighted by Gasteiger charge is -2.42. The third kappa shape index (κ3) is 3.90. The molecule has 2 aromatic heterocycles. The summed E-state index contributed by atoms with van der Waals surface area (Å²) in [5.74, 6) is 1.85. The van der Waals surface area contributed by atoms with E-state index in [0.29, 0.717) is 17.6 Å². The first-order valence-electron chi connectivity index (χ1n) is 11.2. The third-order valence-corrected chi connectivity index (χ3v) is 6.81. The fraction of sp³-hybridized carbons (Fsp3) is 0.682. The Labute approximate surface area is 172 Å². The molecule has 0 radical (unpaired) electrons. The summed E-state index contributed by atoms with van der Waals surface area (Å²) in [4.78, 5) is 17.8. The molecule has 2 aliphatic carbocycles. The number of rotatable bonds is 6. The SMILES string of the molecule is CC(C)N1CCN(CC2CC2)CC1c1nnc2ccc(C(=O)NC3CCC3)cn12. The molecule has 3 heterocycles. The third-order valence-electron chi connectivity index (χ3n) is 6.81. The van der Waals surface area contributed by atoms with E-state index in [1.54, 1.807) is 0 Å². The van der Waals surface area contributed by atoms with Crippen LogP contribution in [0.5, 0.6) is 0 Å². The van der Waals surface area contributed by atoms with Gasteiger partial charge in [-0.2, -0.15) is 0 Å². The summed E-state index contributed by atoms with van der Waals surface area (Å²) in [6.07, 6.45) is 8.08. The van der Waals surface area contributed by atoms with Gasteiger partial charge in [0.15, 0.2) is 11.5 Å². The van der Waals surface area contributed by atoms with Gasteiger partial charge < -0.3 is 5.32 Å². The van der Waals surface area contributed by atoms with Gasteiger partial charge in [-0.1, -0.05) is 0 Å². The number of fused-ring (bicyclic) bond motifs is 1. The van der Waals surface area contributed by atoms with Gasteiger partial charge in [-0.25, -0.2) is 0 Å². The molecule has 0 spiro atoms. The van der Waals surface area contributed by atoms with Gasteiger partial charge in [-0.3, -0.25) is 19.0 Å². The highest BCUT2D eigenvalue weighted by molar-refractivity contribution is 5.94. The lowest BCUT2D eigenvalue weighted by atomic mass is 9.93. The number of nitrogens with zero attached hydrogens (tertiary/aromatic N) is 5. The van der Waals surface area contributed by atoms with Crippen LogP contribution in [-0.4, -0.2) is 68.6 Å². The van der Waals surface area contributed by atoms with E-state index in [-0.39, 0.29) is 11.9 Å². The standard InChI is InChI=1S/C22H32N6O/c1-15(2)27-11-10-26(12-16-6-7-16)14-19(27)21-25-24-20-9-8-17(13-28(20)21)22(29)23-18-4-3-5-18/h8-9,13,15-16,18-19H,3-7,10-12,14H2,1-2H3,(H,23,29). The first kappa shape index (κ1) is 19.0. The zero-order chi connectivity index (χ0) is 20.0. The van der Waals surface area contributed by atoms with Crippen molar-refractivity contribution in [3.8, 4) is 0 Å². The molecule has 5 rings (SSSR count). The quantitative estimate of drug-likeness (QED) is 0.813. The maximum Gasteiger partial charge on any atom is 0.252 e. The van der Waals surface area contributed by atoms with Crippen LogP contribution in [0.1, 0.15) is 68.2 Å². The van der Waals surface area contributed by atoms with Crippen molar-refractivity contribution in [1.82, 2.24) is 29.7 Å². The summed E-state index contributed by atoms with van der Waals surface area (Å²) in [7, 11) is 0. The summed E-state index contributed by atoms with van der Waals surface area (Å²) in [6.45, 7) is 8.86. The summed E-state index contributed by atoms with van der Waals surface area (Å²) < 4.78 is 2.04. The van der Waals surface area contributed by atoms with Crippen LogP contribution in [0.2, 0.25) is 0 Å². The zero-order valence-electron chi connectivity index (χ0n) is 17.5. The van der Waals surface area contributed by atoms with Crippen molar-refractivity contribution < 1.29 is 4.79 Å². The van der Waals surface area contributed by atoms with E-state index >= 15 is 0 Å². The summed E-state index contributed by atoms with van der Waals surface area (Å²) in [5, 5.41) is 12.1. The average molecular weight is 397 g/mol. The maximum atomic E-state index is 12.7. The molecule has 2 aromatic rings. The van der Waals surface area contributed by atoms with E-state index in [1.165, 1.54) is 25.8 Å². The van der Waals surface area contributed by atoms with Crippen molar-refractivity contribution in [2.24, 2.45) is 5.92 Å². The number of hydrogen-bond acceptors (Lipinski definition) is 5. The second kappa shape index (κ2) is 7.69. The molecule has 1 amide bonds. The van der Waals surface area contributed by atoms with Gasteiger partial charge in [0.2, 0.25) is 0 Å². The molecule has 0 aromatic carbocycles. The van der Waals surface area contributed by atoms with Gasteiger partial charge in [0.25, 0.3) is 5.91 Å². The largest absolute Gasteiger partial charge is 0.349 e. The second-order valence-corrected chi connectivity index (χ2v) is 9.36. The Morgan fingerprint density at radius 1 is 1.17 bits per heavy atom. The van der Waals surface area contributed by atoms with E-state index in [0.717, 1.165) is 49.9 Å². The topological polar surface area (TPSA) is 65.8 Å². The highest BCUT2D eigenvalue weighted by atomic mass is 16.1. The predicted octanol–water partition coefficient (Wildman–Crippen LogP) is 2.49. The number of pyridine rings is 1. The first-order chi connectivity index (χ1) is 14.1. The van der Waals surface area contributed by atoms with Crippen LogP contribution in [0, 0.1) is 5.92 Å². The zero-order valence-corrected chi connectivity index (χ0v) is 17.5. The number of nitrogens with one attached hydrogen (secondary N) is 1. The Balaban J connectivity index is 1.43. The molecule has 29 heavy (non-hydrogen) atoms. The Hall–Kier alpha value is -1.99. The molecular formula is C22H32N6O. The lowest BCUT2D eigenvalue weighted by molar-refractivity contribution is 0.0437. The van der Waals surface area contributed by atoms with Crippen molar-refractivity contribution in [3.63, 3.8) is 0 Å². The van der Waals surface area contributed by atoms with Crippen LogP contribution < -0.4 is 5.32 Å². The van der Waals surface area contributed by atoms with Crippen LogP contribution in [0.3, 0.4) is 0 Å². The minimum absolute atomic E-state index is 0.0102. The average Bonchev–Trinajstić information content (AvgIpc) is 3.39. The van der Waals surface area contributed by atoms with Gasteiger partial charge >= 0.3 is 0 Å². The van der Waals surface area contributed by atoms with Gasteiger partial charge in [0.1, 0.15) is 0 Å². The molecule has 3 fully saturated rings. The molecular weight excluding hydrogens is 364 g/mol. The van der Waals surface area contributed by atoms with Crippen molar-refractivity contribution in [1.29, 1.82) is 0 Å². The summed E-state index contributed by atoms with van der Waals surface area (Å²) in [6, 6.07) is 4.76. The lowest BCUT2D eigenvalue weighted by Crippen LogP contribution is -2.51. The van der Waals surface area contributed by atoms with Crippen molar-refractivity contribution in [2.75, 3.05) is 26.2 Å². The molecule has 1 aliphatic heterocycles. The Morgan fingerprint density at radius 3 is 2.69 bits per heavy atom. The fourth-order valence-corrected chi connectivity index (χ4v) is 4.62. The molecule has 1 saturated heterocycles. The normalized spacial score (nSPS) is 24.2. The smallest absolute Gasteiger partial charge is 0.252 e. The molecule has 1 unspecified atom stereocenters. The number of carbonyl (C=O) groups is 1. The van der Waals surface area contributed by atoms with E-state index < -0.39 is 0 Å². The minimum atomic E-state index is 0.0102. The number of hydrogen-bond donors (Lipinski definition) is 1. The predicted molar refractivity (Wildman–Crippen MR) is 112 cm³/mol. The molecule has 7 nitrogen and oxygen atoms in total. The number of carbonyl (C=O) groups excluding carboxylic acids is 1. The molecule has 7 heteroatoms. The van der Waals surface area contributed by atoms with Crippen molar-refractivity contribution >= 4 is 11.6 Å². The Morgan fingerprint density at radius 2 is 2.00 bits per heavy atom. The van der Waals surface area contributed by atoms with E-state index in [1.807, 2.05) is 22.7 Å². The Kier molecular flexibility index (Phi) is 5.04. The van der Waals surface area contributed by atoms with Crippen LogP contribution in [0.15, 0.2) is 18.3 Å². The van der Waals surface area contributed by atoms with Crippen molar-refractivity contribution in [2.45, 2.75) is 64.1 Å². The van der Waals surface area contributed by atoms with E-state index in [4.69, 9.17) is 0 Å². The highest BCUT2D eigenvalue weighted by Gasteiger charge is 2.35. The van der Waals surface area contributed by atoms with Gasteiger partial charge in [0.05, 0.1) is 11.6 Å². The molecule has 1 N–H and O–H groups in total. The minimum Gasteiger partial charge on any atom is -0.349 e. The Bertz CT molecular complexity index is 885. The second-order valence-electron chi connectivity index (χ2n) is 9.36. The fourth-order valence-electron chi connectivity index (χ4n) is 4.62. The van der Waals surface area contributed by atoms with Gasteiger partial charge in [-0.15, -0.1) is 10.2 Å². The summed E-state index contributed by atoms with van der Waals surface area (Å²) >= 11 is 0. The number of aromatic nitrogens is 3. The van der Waals surface area contributed by atoms with Gasteiger partial charge in [0, 0.05) is 44.5 Å². The molecule has 1 atom stereocenters. The van der Waals surface area contributed by atoms with Crippen LogP contribution >= 0.6 is 0 Å². The number of piperazine rings is 1. The molecule has 2 saturated carbocycles. The van der Waals surface area contributed by atoms with Gasteiger partial charge in [-0.05, 0) is 64.0 Å². The van der Waals surface area contributed by atoms with E-state index in [2.05, 4.69) is 39.2 Å². The summed E-state index contributed by atoms with van der Waals surface area (Å²) in [5.41, 5.74) is 1.50. The van der Waals surface area contributed by atoms with Crippen LogP contribution in [0.4, 0.5) is 0 Å².